The van der Waals surface area contributed by atoms with Crippen LogP contribution >= 0.6 is 0 Å². The summed E-state index contributed by atoms with van der Waals surface area (Å²) < 4.78 is 5.55. The number of H-pyrrole nitrogens is 1. The summed E-state index contributed by atoms with van der Waals surface area (Å²) in [5.74, 6) is 2.24. The van der Waals surface area contributed by atoms with E-state index < -0.39 is 0 Å². The molecule has 140 valence electrons. The van der Waals surface area contributed by atoms with Crippen LogP contribution in [0, 0.1) is 5.92 Å². The number of nitrogens with zero attached hydrogens (tertiary/aromatic N) is 2. The van der Waals surface area contributed by atoms with Crippen LogP contribution in [0.1, 0.15) is 61.5 Å². The highest BCUT2D eigenvalue weighted by Crippen LogP contribution is 2.41. The Bertz CT molecular complexity index is 817. The van der Waals surface area contributed by atoms with Crippen molar-refractivity contribution in [1.82, 2.24) is 15.0 Å². The molecule has 3 heterocycles. The van der Waals surface area contributed by atoms with E-state index in [0.717, 1.165) is 75.0 Å². The Hall–Kier alpha value is -1.79. The number of allylic oxidation sites excluding steroid dienone is 2. The number of nitrogens with two attached hydrogens (primary N) is 1. The van der Waals surface area contributed by atoms with Crippen LogP contribution in [0.25, 0.3) is 16.6 Å². The van der Waals surface area contributed by atoms with E-state index in [-0.39, 0.29) is 4.70 Å². The van der Waals surface area contributed by atoms with Crippen LogP contribution in [0.2, 0.25) is 0 Å². The third-order valence-corrected chi connectivity index (χ3v) is 6.25. The molecule has 0 bridgehead atoms. The summed E-state index contributed by atoms with van der Waals surface area (Å²) in [6, 6.07) is 0.370. The fourth-order valence-electron chi connectivity index (χ4n) is 4.77. The molecule has 2 aromatic rings. The first kappa shape index (κ1) is 17.6. The van der Waals surface area contributed by atoms with Gasteiger partial charge in [0.25, 0.3) is 0 Å². The zero-order valence-electron chi connectivity index (χ0n) is 15.0. The predicted octanol–water partition coefficient (Wildman–Crippen LogP) is 0.313. The van der Waals surface area contributed by atoms with Gasteiger partial charge in [-0.1, -0.05) is 6.08 Å². The Kier molecular flexibility index (Phi) is 4.80. The third-order valence-electron chi connectivity index (χ3n) is 6.25. The van der Waals surface area contributed by atoms with Crippen LogP contribution < -0.4 is 10.4 Å². The average Bonchev–Trinajstić information content (AvgIpc) is 3.26. The maximum absolute atomic E-state index is 6.07. The lowest BCUT2D eigenvalue weighted by atomic mass is 9.86. The van der Waals surface area contributed by atoms with Crippen LogP contribution in [0.4, 0.5) is 0 Å². The maximum Gasteiger partial charge on any atom is 0.110 e. The molecule has 2 aliphatic carbocycles. The highest BCUT2D eigenvalue weighted by Gasteiger charge is 2.29. The first-order chi connectivity index (χ1) is 12.3. The Balaban J connectivity index is 0.00000168. The molecule has 0 unspecified atom stereocenters. The molecule has 0 atom stereocenters. The predicted molar refractivity (Wildman–Crippen MR) is 98.3 cm³/mol. The average molecular weight is 357 g/mol. The molecule has 0 spiro atoms. The van der Waals surface area contributed by atoms with Crippen LogP contribution in [-0.4, -0.2) is 34.2 Å². The number of fused-ring (bicyclic) bond motifs is 3. The van der Waals surface area contributed by atoms with Gasteiger partial charge in [0.1, 0.15) is 5.82 Å². The van der Waals surface area contributed by atoms with Crippen molar-refractivity contribution in [2.24, 2.45) is 11.7 Å². The standard InChI is InChI=1S/C20H26N4O.FH/c21-14-3-1-13(2-4-14)20-23-17-11-22-16-6-5-15(18(16)19(17)24-20)12-7-9-25-10-8-12;/h5,11-14H,1-4,6-10,21H2,(H,23,24);1H/p-1. The molecule has 1 saturated carbocycles. The highest BCUT2D eigenvalue weighted by atomic mass is 19.0. The molecule has 0 radical (unpaired) electrons. The minimum absolute atomic E-state index is 0. The van der Waals surface area contributed by atoms with Crippen molar-refractivity contribution in [3.8, 4) is 0 Å². The van der Waals surface area contributed by atoms with E-state index in [2.05, 4.69) is 11.1 Å². The van der Waals surface area contributed by atoms with Gasteiger partial charge in [0.2, 0.25) is 0 Å². The second-order valence-electron chi connectivity index (χ2n) is 7.83. The molecule has 0 amide bonds. The maximum atomic E-state index is 6.07. The van der Waals surface area contributed by atoms with Gasteiger partial charge in [-0.25, -0.2) is 4.98 Å². The molecule has 26 heavy (non-hydrogen) atoms. The first-order valence-corrected chi connectivity index (χ1v) is 9.71. The number of halogens is 1. The summed E-state index contributed by atoms with van der Waals surface area (Å²) in [5, 5.41) is 0. The van der Waals surface area contributed by atoms with Crippen LogP contribution in [0.15, 0.2) is 12.3 Å². The van der Waals surface area contributed by atoms with Crippen LogP contribution in [0.3, 0.4) is 0 Å². The van der Waals surface area contributed by atoms with E-state index in [1.807, 2.05) is 6.20 Å². The van der Waals surface area contributed by atoms with Gasteiger partial charge >= 0.3 is 0 Å². The second kappa shape index (κ2) is 7.08. The fraction of sp³-hybridized carbons (Fsp3) is 0.600. The summed E-state index contributed by atoms with van der Waals surface area (Å²) >= 11 is 0. The highest BCUT2D eigenvalue weighted by molar-refractivity contribution is 5.92. The van der Waals surface area contributed by atoms with Gasteiger partial charge in [0.15, 0.2) is 0 Å². The number of pyridine rings is 1. The number of rotatable bonds is 2. The Labute approximate surface area is 152 Å². The molecule has 5 nitrogen and oxygen atoms in total. The summed E-state index contributed by atoms with van der Waals surface area (Å²) in [6.45, 7) is 1.74. The molecule has 2 fully saturated rings. The van der Waals surface area contributed by atoms with Gasteiger partial charge in [-0.15, -0.1) is 0 Å². The van der Waals surface area contributed by atoms with E-state index in [0.29, 0.717) is 17.9 Å². The molecule has 5 rings (SSSR count). The monoisotopic (exact) mass is 357 g/mol. The molecule has 2 aromatic heterocycles. The Morgan fingerprint density at radius 3 is 2.58 bits per heavy atom. The van der Waals surface area contributed by atoms with E-state index in [4.69, 9.17) is 20.4 Å². The number of imidazole rings is 1. The van der Waals surface area contributed by atoms with E-state index in [9.17, 15) is 0 Å². The number of ether oxygens (including phenoxy) is 1. The lowest BCUT2D eigenvalue weighted by molar-refractivity contribution is -0.00000655. The first-order valence-electron chi connectivity index (χ1n) is 9.71. The number of hydrogen-bond donors (Lipinski definition) is 2. The number of aromatic amines is 1. The summed E-state index contributed by atoms with van der Waals surface area (Å²) in [5.41, 5.74) is 12.2. The van der Waals surface area contributed by atoms with Gasteiger partial charge in [-0.3, -0.25) is 4.98 Å². The van der Waals surface area contributed by atoms with Crippen molar-refractivity contribution in [1.29, 1.82) is 0 Å². The van der Waals surface area contributed by atoms with Crippen molar-refractivity contribution >= 4 is 16.6 Å². The number of hydrogen-bond acceptors (Lipinski definition) is 4. The Morgan fingerprint density at radius 1 is 1.04 bits per heavy atom. The van der Waals surface area contributed by atoms with Gasteiger partial charge in [-0.2, -0.15) is 0 Å². The van der Waals surface area contributed by atoms with E-state index in [1.54, 1.807) is 0 Å². The second-order valence-corrected chi connectivity index (χ2v) is 7.83. The topological polar surface area (TPSA) is 76.8 Å². The van der Waals surface area contributed by atoms with Gasteiger partial charge in [-0.05, 0) is 50.0 Å². The quantitative estimate of drug-likeness (QED) is 0.811. The van der Waals surface area contributed by atoms with Crippen molar-refractivity contribution < 1.29 is 9.44 Å². The summed E-state index contributed by atoms with van der Waals surface area (Å²) in [6.07, 6.45) is 12.0. The fourth-order valence-corrected chi connectivity index (χ4v) is 4.77. The minimum atomic E-state index is 0. The van der Waals surface area contributed by atoms with Crippen molar-refractivity contribution in [2.45, 2.75) is 56.9 Å². The van der Waals surface area contributed by atoms with Gasteiger partial charge in [0, 0.05) is 37.2 Å². The zero-order valence-corrected chi connectivity index (χ0v) is 15.0. The summed E-state index contributed by atoms with van der Waals surface area (Å²) in [7, 11) is 0. The largest absolute Gasteiger partial charge is 1.00 e. The van der Waals surface area contributed by atoms with Crippen LogP contribution in [-0.2, 0) is 11.2 Å². The lowest BCUT2D eigenvalue weighted by Crippen LogP contribution is -3.00. The van der Waals surface area contributed by atoms with Gasteiger partial charge < -0.3 is 20.2 Å². The lowest BCUT2D eigenvalue weighted by Gasteiger charge is -2.24. The zero-order chi connectivity index (χ0) is 16.8. The third kappa shape index (κ3) is 2.95. The molecule has 3 N–H and O–H groups in total. The van der Waals surface area contributed by atoms with E-state index >= 15 is 0 Å². The number of aromatic nitrogens is 3. The number of nitrogens with one attached hydrogen (secondary N) is 1. The summed E-state index contributed by atoms with van der Waals surface area (Å²) in [4.78, 5) is 13.4. The molecule has 1 aliphatic heterocycles. The van der Waals surface area contributed by atoms with E-state index in [1.165, 1.54) is 16.8 Å². The molecular formula is C20H26FN4O-. The van der Waals surface area contributed by atoms with Crippen LogP contribution in [0.5, 0.6) is 0 Å². The van der Waals surface area contributed by atoms with Crippen molar-refractivity contribution in [3.63, 3.8) is 0 Å². The molecule has 3 aliphatic rings. The normalized spacial score (nSPS) is 26.4. The van der Waals surface area contributed by atoms with Gasteiger partial charge in [0.05, 0.1) is 22.9 Å². The molecule has 1 saturated heterocycles. The smallest absolute Gasteiger partial charge is 0.110 e. The minimum Gasteiger partial charge on any atom is -1.00 e. The molecule has 0 aromatic carbocycles. The SMILES string of the molecule is NC1CCC(c2nc3c4c(ncc3[nH]2)CC=C4C2CCOCC2)CC1.[F-]. The van der Waals surface area contributed by atoms with Crippen molar-refractivity contribution in [2.75, 3.05) is 13.2 Å². The molecule has 6 heteroatoms. The Morgan fingerprint density at radius 2 is 1.81 bits per heavy atom. The van der Waals surface area contributed by atoms with Crippen molar-refractivity contribution in [3.05, 3.63) is 29.4 Å². The molecular weight excluding hydrogens is 331 g/mol.